The van der Waals surface area contributed by atoms with E-state index < -0.39 is 0 Å². The molecular weight excluding hydrogens is 322 g/mol. The molecule has 0 bridgehead atoms. The Bertz CT molecular complexity index is 885. The molecule has 1 aliphatic heterocycles. The first-order valence-electron chi connectivity index (χ1n) is 9.29. The van der Waals surface area contributed by atoms with Crippen LogP contribution in [0.15, 0.2) is 49.1 Å². The third-order valence-electron chi connectivity index (χ3n) is 5.13. The van der Waals surface area contributed by atoms with Crippen molar-refractivity contribution in [3.8, 4) is 5.82 Å². The molecule has 1 aliphatic rings. The zero-order valence-electron chi connectivity index (χ0n) is 15.5. The zero-order chi connectivity index (χ0) is 17.9. The Balaban J connectivity index is 1.50. The standard InChI is InChI=1S/C21H25N5/c1-16-5-3-6-18(11-16)14-25-9-4-7-19(15-25)20-12-22-13-21(24-20)26-10-8-23-17(26)2/h3,5-6,8,10-13,19H,4,7,9,14-15H2,1-2H3/t19-/m0/s1. The summed E-state index contributed by atoms with van der Waals surface area (Å²) in [7, 11) is 0. The van der Waals surface area contributed by atoms with E-state index >= 15 is 0 Å². The number of hydrogen-bond donors (Lipinski definition) is 0. The number of piperidine rings is 1. The largest absolute Gasteiger partial charge is 0.298 e. The highest BCUT2D eigenvalue weighted by atomic mass is 15.1. The second kappa shape index (κ2) is 7.38. The summed E-state index contributed by atoms with van der Waals surface area (Å²) in [5, 5.41) is 0. The monoisotopic (exact) mass is 347 g/mol. The fraction of sp³-hybridized carbons (Fsp3) is 0.381. The van der Waals surface area contributed by atoms with Crippen LogP contribution in [0.1, 0.15) is 41.4 Å². The minimum atomic E-state index is 0.435. The summed E-state index contributed by atoms with van der Waals surface area (Å²) in [6.45, 7) is 7.33. The number of hydrogen-bond acceptors (Lipinski definition) is 4. The van der Waals surface area contributed by atoms with Gasteiger partial charge in [0.15, 0.2) is 5.82 Å². The molecule has 0 unspecified atom stereocenters. The van der Waals surface area contributed by atoms with Gasteiger partial charge in [-0.05, 0) is 38.8 Å². The maximum Gasteiger partial charge on any atom is 0.156 e. The molecule has 26 heavy (non-hydrogen) atoms. The summed E-state index contributed by atoms with van der Waals surface area (Å²) in [6.07, 6.45) is 9.85. The Kier molecular flexibility index (Phi) is 4.80. The van der Waals surface area contributed by atoms with Crippen LogP contribution in [-0.2, 0) is 6.54 Å². The number of likely N-dealkylation sites (tertiary alicyclic amines) is 1. The predicted molar refractivity (Wildman–Crippen MR) is 102 cm³/mol. The molecule has 0 saturated carbocycles. The Morgan fingerprint density at radius 2 is 2.12 bits per heavy atom. The molecule has 1 aromatic carbocycles. The van der Waals surface area contributed by atoms with Gasteiger partial charge in [-0.25, -0.2) is 9.97 Å². The van der Waals surface area contributed by atoms with Gasteiger partial charge in [0.05, 0.1) is 11.9 Å². The lowest BCUT2D eigenvalue weighted by molar-refractivity contribution is 0.198. The van der Waals surface area contributed by atoms with E-state index in [2.05, 4.69) is 46.1 Å². The highest BCUT2D eigenvalue weighted by molar-refractivity contribution is 5.24. The van der Waals surface area contributed by atoms with E-state index in [1.165, 1.54) is 24.0 Å². The van der Waals surface area contributed by atoms with Gasteiger partial charge in [0, 0.05) is 37.6 Å². The van der Waals surface area contributed by atoms with E-state index in [1.807, 2.05) is 30.1 Å². The van der Waals surface area contributed by atoms with Crippen molar-refractivity contribution in [2.45, 2.75) is 39.2 Å². The van der Waals surface area contributed by atoms with Gasteiger partial charge < -0.3 is 0 Å². The fourth-order valence-corrected chi connectivity index (χ4v) is 3.81. The third kappa shape index (κ3) is 3.68. The molecule has 2 aromatic heterocycles. The average Bonchev–Trinajstić information content (AvgIpc) is 3.08. The normalized spacial score (nSPS) is 18.2. The minimum Gasteiger partial charge on any atom is -0.298 e. The number of aromatic nitrogens is 4. The molecule has 0 radical (unpaired) electrons. The van der Waals surface area contributed by atoms with Crippen molar-refractivity contribution in [2.75, 3.05) is 13.1 Å². The number of imidazole rings is 1. The SMILES string of the molecule is Cc1cccc(CN2CCC[C@H](c3cncc(-n4ccnc4C)n3)C2)c1. The summed E-state index contributed by atoms with van der Waals surface area (Å²) in [5.74, 6) is 2.22. The van der Waals surface area contributed by atoms with Gasteiger partial charge >= 0.3 is 0 Å². The fourth-order valence-electron chi connectivity index (χ4n) is 3.81. The van der Waals surface area contributed by atoms with Crippen LogP contribution in [0, 0.1) is 13.8 Å². The van der Waals surface area contributed by atoms with E-state index in [0.717, 1.165) is 37.0 Å². The summed E-state index contributed by atoms with van der Waals surface area (Å²) >= 11 is 0. The quantitative estimate of drug-likeness (QED) is 0.723. The first kappa shape index (κ1) is 16.9. The van der Waals surface area contributed by atoms with E-state index in [0.29, 0.717) is 5.92 Å². The van der Waals surface area contributed by atoms with Crippen LogP contribution in [0.4, 0.5) is 0 Å². The summed E-state index contributed by atoms with van der Waals surface area (Å²) in [6, 6.07) is 8.81. The second-order valence-electron chi connectivity index (χ2n) is 7.21. The molecule has 1 fully saturated rings. The maximum atomic E-state index is 4.89. The molecule has 5 heteroatoms. The van der Waals surface area contributed by atoms with Gasteiger partial charge in [-0.1, -0.05) is 29.8 Å². The third-order valence-corrected chi connectivity index (χ3v) is 5.13. The number of benzene rings is 1. The molecule has 0 N–H and O–H groups in total. The molecule has 0 amide bonds. The van der Waals surface area contributed by atoms with Crippen molar-refractivity contribution in [3.63, 3.8) is 0 Å². The van der Waals surface area contributed by atoms with Gasteiger partial charge in [0.1, 0.15) is 5.82 Å². The molecule has 5 nitrogen and oxygen atoms in total. The van der Waals surface area contributed by atoms with Crippen LogP contribution in [0.5, 0.6) is 0 Å². The Morgan fingerprint density at radius 3 is 2.92 bits per heavy atom. The molecule has 3 aromatic rings. The van der Waals surface area contributed by atoms with Crippen molar-refractivity contribution >= 4 is 0 Å². The molecule has 4 rings (SSSR count). The Labute approximate surface area is 154 Å². The predicted octanol–water partition coefficient (Wildman–Crippen LogP) is 3.66. The summed E-state index contributed by atoms with van der Waals surface area (Å²) < 4.78 is 1.99. The first-order valence-corrected chi connectivity index (χ1v) is 9.29. The van der Waals surface area contributed by atoms with Crippen molar-refractivity contribution in [2.24, 2.45) is 0 Å². The van der Waals surface area contributed by atoms with E-state index in [-0.39, 0.29) is 0 Å². The van der Waals surface area contributed by atoms with Crippen molar-refractivity contribution in [1.29, 1.82) is 0 Å². The van der Waals surface area contributed by atoms with Crippen molar-refractivity contribution in [3.05, 3.63) is 71.7 Å². The van der Waals surface area contributed by atoms with Crippen molar-refractivity contribution in [1.82, 2.24) is 24.4 Å². The van der Waals surface area contributed by atoms with Crippen LogP contribution in [0.25, 0.3) is 5.82 Å². The Morgan fingerprint density at radius 1 is 1.19 bits per heavy atom. The van der Waals surface area contributed by atoms with Crippen LogP contribution in [0.2, 0.25) is 0 Å². The molecule has 3 heterocycles. The van der Waals surface area contributed by atoms with Gasteiger partial charge in [-0.15, -0.1) is 0 Å². The number of nitrogens with zero attached hydrogens (tertiary/aromatic N) is 5. The highest BCUT2D eigenvalue weighted by Gasteiger charge is 2.23. The first-order chi connectivity index (χ1) is 12.7. The molecule has 1 atom stereocenters. The van der Waals surface area contributed by atoms with E-state index in [4.69, 9.17) is 4.98 Å². The average molecular weight is 347 g/mol. The molecule has 134 valence electrons. The highest BCUT2D eigenvalue weighted by Crippen LogP contribution is 2.27. The van der Waals surface area contributed by atoms with Gasteiger partial charge in [0.2, 0.25) is 0 Å². The lowest BCUT2D eigenvalue weighted by Gasteiger charge is -2.32. The maximum absolute atomic E-state index is 4.89. The minimum absolute atomic E-state index is 0.435. The second-order valence-corrected chi connectivity index (χ2v) is 7.21. The number of aryl methyl sites for hydroxylation is 2. The molecule has 0 aliphatic carbocycles. The number of rotatable bonds is 4. The molecule has 1 saturated heterocycles. The lowest BCUT2D eigenvalue weighted by atomic mass is 9.94. The van der Waals surface area contributed by atoms with Crippen LogP contribution in [0.3, 0.4) is 0 Å². The Hall–Kier alpha value is -2.53. The zero-order valence-corrected chi connectivity index (χ0v) is 15.5. The summed E-state index contributed by atoms with van der Waals surface area (Å²) in [5.41, 5.74) is 3.80. The van der Waals surface area contributed by atoms with Gasteiger partial charge in [-0.2, -0.15) is 0 Å². The van der Waals surface area contributed by atoms with E-state index in [1.54, 1.807) is 6.20 Å². The van der Waals surface area contributed by atoms with Crippen LogP contribution < -0.4 is 0 Å². The smallest absolute Gasteiger partial charge is 0.156 e. The van der Waals surface area contributed by atoms with Gasteiger partial charge in [-0.3, -0.25) is 14.5 Å². The molecule has 0 spiro atoms. The van der Waals surface area contributed by atoms with Crippen LogP contribution >= 0.6 is 0 Å². The van der Waals surface area contributed by atoms with E-state index in [9.17, 15) is 0 Å². The van der Waals surface area contributed by atoms with Crippen molar-refractivity contribution < 1.29 is 0 Å². The lowest BCUT2D eigenvalue weighted by Crippen LogP contribution is -2.34. The topological polar surface area (TPSA) is 46.8 Å². The summed E-state index contributed by atoms with van der Waals surface area (Å²) in [4.78, 5) is 16.2. The van der Waals surface area contributed by atoms with Crippen LogP contribution in [-0.4, -0.2) is 37.5 Å². The molecular formula is C21H25N5. The van der Waals surface area contributed by atoms with Gasteiger partial charge in [0.25, 0.3) is 0 Å².